The molecule has 3 rings (SSSR count). The van der Waals surface area contributed by atoms with Gasteiger partial charge >= 0.3 is 0 Å². The van der Waals surface area contributed by atoms with Crippen molar-refractivity contribution in [3.63, 3.8) is 0 Å². The first-order valence-electron chi connectivity index (χ1n) is 8.50. The molecule has 4 unspecified atom stereocenters. The molecule has 0 aliphatic carbocycles. The number of hydrogen-bond acceptors (Lipinski definition) is 3. The summed E-state index contributed by atoms with van der Waals surface area (Å²) in [6.45, 7) is 2.19. The highest BCUT2D eigenvalue weighted by Gasteiger charge is 2.62. The number of benzene rings is 1. The van der Waals surface area contributed by atoms with Crippen LogP contribution in [0.15, 0.2) is 42.7 Å². The van der Waals surface area contributed by atoms with Gasteiger partial charge in [0.05, 0.1) is 18.3 Å². The van der Waals surface area contributed by atoms with Crippen molar-refractivity contribution in [1.82, 2.24) is 0 Å². The normalized spacial score (nSPS) is 30.5. The summed E-state index contributed by atoms with van der Waals surface area (Å²) in [6.07, 6.45) is 9.53. The second-order valence-electron chi connectivity index (χ2n) is 6.40. The van der Waals surface area contributed by atoms with E-state index in [4.69, 9.17) is 9.47 Å². The lowest BCUT2D eigenvalue weighted by molar-refractivity contribution is -0.374. The molecule has 2 heterocycles. The first kappa shape index (κ1) is 15.6. The Labute approximate surface area is 132 Å². The van der Waals surface area contributed by atoms with E-state index in [1.807, 2.05) is 24.3 Å². The Bertz CT molecular complexity index is 499. The summed E-state index contributed by atoms with van der Waals surface area (Å²) >= 11 is 0. The zero-order valence-electron chi connectivity index (χ0n) is 13.3. The smallest absolute Gasteiger partial charge is 0.245 e. The summed E-state index contributed by atoms with van der Waals surface area (Å²) < 4.78 is 11.7. The molecule has 0 amide bonds. The number of unbranched alkanes of at least 4 members (excludes halogenated alkanes) is 3. The minimum absolute atomic E-state index is 0.103. The molecule has 3 heteroatoms. The van der Waals surface area contributed by atoms with Gasteiger partial charge in [-0.2, -0.15) is 0 Å². The van der Waals surface area contributed by atoms with Crippen molar-refractivity contribution in [1.29, 1.82) is 0 Å². The van der Waals surface area contributed by atoms with Gasteiger partial charge in [-0.3, -0.25) is 0 Å². The third-order valence-electron chi connectivity index (χ3n) is 4.81. The molecule has 1 aromatic rings. The average molecular weight is 302 g/mol. The highest BCUT2D eigenvalue weighted by atomic mass is 16.7. The van der Waals surface area contributed by atoms with Gasteiger partial charge in [-0.1, -0.05) is 62.9 Å². The minimum atomic E-state index is -0.814. The van der Waals surface area contributed by atoms with E-state index in [0.29, 0.717) is 0 Å². The maximum absolute atomic E-state index is 10.5. The molecule has 0 saturated carbocycles. The van der Waals surface area contributed by atoms with Crippen molar-refractivity contribution < 1.29 is 14.6 Å². The van der Waals surface area contributed by atoms with Crippen LogP contribution in [0.4, 0.5) is 0 Å². The van der Waals surface area contributed by atoms with Crippen LogP contribution in [0.3, 0.4) is 0 Å². The Hall–Kier alpha value is -1.32. The first-order chi connectivity index (χ1) is 10.8. The average Bonchev–Trinajstić information content (AvgIpc) is 2.88. The lowest BCUT2D eigenvalue weighted by Gasteiger charge is -2.51. The Morgan fingerprint density at radius 3 is 2.77 bits per heavy atom. The van der Waals surface area contributed by atoms with Gasteiger partial charge < -0.3 is 14.6 Å². The number of fused-ring (bicyclic) bond motifs is 1. The van der Waals surface area contributed by atoms with Crippen LogP contribution in [0.5, 0.6) is 0 Å². The fourth-order valence-corrected chi connectivity index (χ4v) is 3.53. The second-order valence-corrected chi connectivity index (χ2v) is 6.40. The molecule has 0 bridgehead atoms. The molecule has 120 valence electrons. The predicted molar refractivity (Wildman–Crippen MR) is 86.2 cm³/mol. The van der Waals surface area contributed by atoms with E-state index < -0.39 is 11.9 Å². The Kier molecular flexibility index (Phi) is 4.84. The molecule has 22 heavy (non-hydrogen) atoms. The number of ether oxygens (including phenoxy) is 2. The van der Waals surface area contributed by atoms with E-state index in [0.717, 1.165) is 25.7 Å². The lowest BCUT2D eigenvalue weighted by Crippen LogP contribution is -2.65. The predicted octanol–water partition coefficient (Wildman–Crippen LogP) is 3.82. The molecule has 1 fully saturated rings. The number of hydrogen-bond donors (Lipinski definition) is 1. The van der Waals surface area contributed by atoms with E-state index in [-0.39, 0.29) is 12.0 Å². The van der Waals surface area contributed by atoms with E-state index >= 15 is 0 Å². The van der Waals surface area contributed by atoms with E-state index in [1.165, 1.54) is 18.4 Å². The maximum Gasteiger partial charge on any atom is 0.245 e. The minimum Gasteiger partial charge on any atom is -0.467 e. The van der Waals surface area contributed by atoms with Gasteiger partial charge in [0.15, 0.2) is 0 Å². The Morgan fingerprint density at radius 1 is 1.18 bits per heavy atom. The lowest BCUT2D eigenvalue weighted by atomic mass is 9.79. The summed E-state index contributed by atoms with van der Waals surface area (Å²) in [5.74, 6) is -0.653. The SMILES string of the molecule is CCCCCCC(O)C12OC=CC1C(Cc1ccccc1)O2. The zero-order valence-corrected chi connectivity index (χ0v) is 13.3. The third-order valence-corrected chi connectivity index (χ3v) is 4.81. The standard InChI is InChI=1S/C19H26O3/c1-2-3-4-8-11-18(20)19-16(12-13-21-19)17(22-19)14-15-9-6-5-7-10-15/h5-7,9-10,12-13,16-18,20H,2-4,8,11,14H2,1H3. The van der Waals surface area contributed by atoms with Crippen molar-refractivity contribution in [2.24, 2.45) is 5.92 Å². The van der Waals surface area contributed by atoms with Gasteiger partial charge in [-0.25, -0.2) is 0 Å². The van der Waals surface area contributed by atoms with Crippen LogP contribution < -0.4 is 0 Å². The number of aliphatic hydroxyl groups excluding tert-OH is 1. The molecule has 1 saturated heterocycles. The van der Waals surface area contributed by atoms with Gasteiger partial charge in [0, 0.05) is 0 Å². The van der Waals surface area contributed by atoms with Crippen LogP contribution in [-0.2, 0) is 15.9 Å². The molecule has 0 aromatic heterocycles. The van der Waals surface area contributed by atoms with Crippen LogP contribution in [0.25, 0.3) is 0 Å². The van der Waals surface area contributed by atoms with Crippen molar-refractivity contribution in [2.75, 3.05) is 0 Å². The van der Waals surface area contributed by atoms with Crippen LogP contribution in [0, 0.1) is 5.92 Å². The van der Waals surface area contributed by atoms with Crippen molar-refractivity contribution >= 4 is 0 Å². The molecule has 2 aliphatic rings. The Balaban J connectivity index is 1.55. The van der Waals surface area contributed by atoms with E-state index in [9.17, 15) is 5.11 Å². The first-order valence-corrected chi connectivity index (χ1v) is 8.50. The number of rotatable bonds is 8. The second kappa shape index (κ2) is 6.84. The third kappa shape index (κ3) is 2.92. The maximum atomic E-state index is 10.5. The van der Waals surface area contributed by atoms with Gasteiger partial charge in [-0.05, 0) is 24.5 Å². The molecular weight excluding hydrogens is 276 g/mol. The highest BCUT2D eigenvalue weighted by Crippen LogP contribution is 2.49. The van der Waals surface area contributed by atoms with Gasteiger partial charge in [0.25, 0.3) is 0 Å². The Morgan fingerprint density at radius 2 is 2.00 bits per heavy atom. The van der Waals surface area contributed by atoms with E-state index in [1.54, 1.807) is 6.26 Å². The van der Waals surface area contributed by atoms with Gasteiger partial charge in [-0.15, -0.1) is 0 Å². The topological polar surface area (TPSA) is 38.7 Å². The largest absolute Gasteiger partial charge is 0.467 e. The van der Waals surface area contributed by atoms with Crippen LogP contribution in [-0.4, -0.2) is 23.1 Å². The molecule has 0 spiro atoms. The zero-order chi connectivity index (χ0) is 15.4. The fourth-order valence-electron chi connectivity index (χ4n) is 3.53. The summed E-state index contributed by atoms with van der Waals surface area (Å²) in [7, 11) is 0. The molecule has 4 atom stereocenters. The molecule has 1 N–H and O–H groups in total. The van der Waals surface area contributed by atoms with E-state index in [2.05, 4.69) is 19.1 Å². The molecule has 3 nitrogen and oxygen atoms in total. The van der Waals surface area contributed by atoms with Gasteiger partial charge in [0.2, 0.25) is 5.79 Å². The number of aliphatic hydroxyl groups is 1. The molecular formula is C19H26O3. The monoisotopic (exact) mass is 302 g/mol. The van der Waals surface area contributed by atoms with Crippen molar-refractivity contribution in [3.8, 4) is 0 Å². The fraction of sp³-hybridized carbons (Fsp3) is 0.579. The summed E-state index contributed by atoms with van der Waals surface area (Å²) in [4.78, 5) is 0. The molecule has 0 radical (unpaired) electrons. The highest BCUT2D eigenvalue weighted by molar-refractivity contribution is 5.20. The van der Waals surface area contributed by atoms with Crippen LogP contribution in [0.1, 0.15) is 44.6 Å². The quantitative estimate of drug-likeness (QED) is 0.742. The summed E-state index contributed by atoms with van der Waals surface area (Å²) in [6, 6.07) is 10.3. The summed E-state index contributed by atoms with van der Waals surface area (Å²) in [5.41, 5.74) is 1.26. The van der Waals surface area contributed by atoms with Crippen molar-refractivity contribution in [3.05, 3.63) is 48.2 Å². The van der Waals surface area contributed by atoms with Gasteiger partial charge in [0.1, 0.15) is 6.10 Å². The van der Waals surface area contributed by atoms with Crippen LogP contribution in [0.2, 0.25) is 0 Å². The summed E-state index contributed by atoms with van der Waals surface area (Å²) in [5, 5.41) is 10.5. The molecule has 2 aliphatic heterocycles. The van der Waals surface area contributed by atoms with Crippen LogP contribution >= 0.6 is 0 Å². The van der Waals surface area contributed by atoms with Crippen molar-refractivity contribution in [2.45, 2.75) is 63.4 Å². The molecule has 1 aromatic carbocycles.